The van der Waals surface area contributed by atoms with Crippen LogP contribution in [0.2, 0.25) is 0 Å². The van der Waals surface area contributed by atoms with Crippen LogP contribution < -0.4 is 0 Å². The molecule has 2 rings (SSSR count). The fourth-order valence-corrected chi connectivity index (χ4v) is 2.92. The van der Waals surface area contributed by atoms with Gasteiger partial charge in [-0.3, -0.25) is 4.79 Å². The van der Waals surface area contributed by atoms with E-state index < -0.39 is 5.97 Å². The number of carboxylic acid groups (broad SMARTS) is 1. The van der Waals surface area contributed by atoms with Gasteiger partial charge >= 0.3 is 12.0 Å². The predicted octanol–water partition coefficient (Wildman–Crippen LogP) is 1.40. The molecule has 2 amide bonds. The summed E-state index contributed by atoms with van der Waals surface area (Å²) in [5, 5.41) is 8.80. The Morgan fingerprint density at radius 3 is 2.50 bits per heavy atom. The number of hydrogen-bond donors (Lipinski definition) is 1. The highest BCUT2D eigenvalue weighted by Gasteiger charge is 2.30. The number of morpholine rings is 1. The summed E-state index contributed by atoms with van der Waals surface area (Å²) >= 11 is 0. The van der Waals surface area contributed by atoms with Crippen molar-refractivity contribution in [1.82, 2.24) is 9.80 Å². The van der Waals surface area contributed by atoms with E-state index in [1.54, 1.807) is 0 Å². The fourth-order valence-electron chi connectivity index (χ4n) is 2.92. The fraction of sp³-hybridized carbons (Fsp3) is 0.857. The SMILES string of the molecule is CCC1CN(C(=O)N2CCC(CC(=O)O)CC2)CCO1. The highest BCUT2D eigenvalue weighted by molar-refractivity contribution is 5.74. The third-order valence-corrected chi connectivity index (χ3v) is 4.21. The zero-order chi connectivity index (χ0) is 14.5. The largest absolute Gasteiger partial charge is 0.481 e. The van der Waals surface area contributed by atoms with Gasteiger partial charge in [0.1, 0.15) is 0 Å². The Morgan fingerprint density at radius 1 is 1.20 bits per heavy atom. The van der Waals surface area contributed by atoms with E-state index in [9.17, 15) is 9.59 Å². The molecule has 6 nitrogen and oxygen atoms in total. The number of amides is 2. The topological polar surface area (TPSA) is 70.1 Å². The third kappa shape index (κ3) is 3.85. The van der Waals surface area contributed by atoms with Crippen LogP contribution >= 0.6 is 0 Å². The van der Waals surface area contributed by atoms with E-state index in [0.29, 0.717) is 32.8 Å². The second kappa shape index (κ2) is 6.92. The maximum absolute atomic E-state index is 12.4. The van der Waals surface area contributed by atoms with Crippen molar-refractivity contribution < 1.29 is 19.4 Å². The van der Waals surface area contributed by atoms with E-state index in [4.69, 9.17) is 9.84 Å². The van der Waals surface area contributed by atoms with Gasteiger partial charge in [-0.05, 0) is 25.2 Å². The third-order valence-electron chi connectivity index (χ3n) is 4.21. The van der Waals surface area contributed by atoms with Crippen molar-refractivity contribution in [2.75, 3.05) is 32.8 Å². The van der Waals surface area contributed by atoms with Crippen LogP contribution in [0.25, 0.3) is 0 Å². The molecular formula is C14H24N2O4. The Hall–Kier alpha value is -1.30. The lowest BCUT2D eigenvalue weighted by atomic mass is 9.94. The van der Waals surface area contributed by atoms with E-state index in [2.05, 4.69) is 6.92 Å². The van der Waals surface area contributed by atoms with Crippen molar-refractivity contribution in [3.63, 3.8) is 0 Å². The molecule has 1 unspecified atom stereocenters. The number of rotatable bonds is 3. The molecule has 20 heavy (non-hydrogen) atoms. The molecule has 6 heteroatoms. The minimum atomic E-state index is -0.742. The number of hydrogen-bond acceptors (Lipinski definition) is 3. The Balaban J connectivity index is 1.80. The Labute approximate surface area is 119 Å². The van der Waals surface area contributed by atoms with Crippen LogP contribution in [-0.4, -0.2) is 65.8 Å². The van der Waals surface area contributed by atoms with Gasteiger partial charge in [0, 0.05) is 32.6 Å². The summed E-state index contributed by atoms with van der Waals surface area (Å²) in [6.07, 6.45) is 2.87. The molecule has 0 saturated carbocycles. The van der Waals surface area contributed by atoms with Gasteiger partial charge in [0.15, 0.2) is 0 Å². The lowest BCUT2D eigenvalue weighted by Gasteiger charge is -2.38. The van der Waals surface area contributed by atoms with Crippen LogP contribution in [0.4, 0.5) is 4.79 Å². The van der Waals surface area contributed by atoms with Gasteiger partial charge in [0.2, 0.25) is 0 Å². The van der Waals surface area contributed by atoms with E-state index in [1.807, 2.05) is 9.80 Å². The zero-order valence-corrected chi connectivity index (χ0v) is 12.1. The van der Waals surface area contributed by atoms with Gasteiger partial charge in [-0.15, -0.1) is 0 Å². The Kier molecular flexibility index (Phi) is 5.23. The van der Waals surface area contributed by atoms with Crippen molar-refractivity contribution in [2.24, 2.45) is 5.92 Å². The van der Waals surface area contributed by atoms with E-state index >= 15 is 0 Å². The van der Waals surface area contributed by atoms with Gasteiger partial charge in [-0.25, -0.2) is 4.79 Å². The number of likely N-dealkylation sites (tertiary alicyclic amines) is 1. The number of carboxylic acids is 1. The zero-order valence-electron chi connectivity index (χ0n) is 12.1. The summed E-state index contributed by atoms with van der Waals surface area (Å²) in [5.74, 6) is -0.529. The molecule has 1 atom stereocenters. The van der Waals surface area contributed by atoms with Crippen molar-refractivity contribution in [2.45, 2.75) is 38.7 Å². The van der Waals surface area contributed by atoms with E-state index in [-0.39, 0.29) is 24.5 Å². The molecule has 0 radical (unpaired) electrons. The second-order valence-electron chi connectivity index (χ2n) is 5.66. The minimum absolute atomic E-state index is 0.0838. The Morgan fingerprint density at radius 2 is 1.90 bits per heavy atom. The second-order valence-corrected chi connectivity index (χ2v) is 5.66. The maximum Gasteiger partial charge on any atom is 0.320 e. The number of carbonyl (C=O) groups is 2. The lowest BCUT2D eigenvalue weighted by molar-refractivity contribution is -0.138. The Bertz CT molecular complexity index is 353. The van der Waals surface area contributed by atoms with Crippen molar-refractivity contribution >= 4 is 12.0 Å². The molecule has 2 heterocycles. The number of urea groups is 1. The van der Waals surface area contributed by atoms with Crippen molar-refractivity contribution in [3.05, 3.63) is 0 Å². The number of piperidine rings is 1. The first-order valence-electron chi connectivity index (χ1n) is 7.47. The summed E-state index contributed by atoms with van der Waals surface area (Å²) in [7, 11) is 0. The van der Waals surface area contributed by atoms with E-state index in [0.717, 1.165) is 19.3 Å². The highest BCUT2D eigenvalue weighted by atomic mass is 16.5. The monoisotopic (exact) mass is 284 g/mol. The number of ether oxygens (including phenoxy) is 1. The number of carbonyl (C=O) groups excluding carboxylic acids is 1. The molecule has 2 fully saturated rings. The standard InChI is InChI=1S/C14H24N2O4/c1-2-12-10-16(7-8-20-12)14(19)15-5-3-11(4-6-15)9-13(17)18/h11-12H,2-10H2,1H3,(H,17,18). The van der Waals surface area contributed by atoms with Gasteiger partial charge in [-0.1, -0.05) is 6.92 Å². The summed E-state index contributed by atoms with van der Waals surface area (Å²) in [5.41, 5.74) is 0. The van der Waals surface area contributed by atoms with Crippen molar-refractivity contribution in [1.29, 1.82) is 0 Å². The molecule has 2 aliphatic rings. The summed E-state index contributed by atoms with van der Waals surface area (Å²) in [6, 6.07) is 0.0838. The summed E-state index contributed by atoms with van der Waals surface area (Å²) in [6.45, 7) is 5.35. The van der Waals surface area contributed by atoms with Crippen LogP contribution in [-0.2, 0) is 9.53 Å². The first-order chi connectivity index (χ1) is 9.60. The average molecular weight is 284 g/mol. The van der Waals surface area contributed by atoms with Gasteiger partial charge < -0.3 is 19.6 Å². The normalized spacial score (nSPS) is 24.8. The molecule has 2 aliphatic heterocycles. The molecule has 0 spiro atoms. The molecule has 0 bridgehead atoms. The highest BCUT2D eigenvalue weighted by Crippen LogP contribution is 2.22. The van der Waals surface area contributed by atoms with Gasteiger partial charge in [0.05, 0.1) is 12.7 Å². The lowest BCUT2D eigenvalue weighted by Crippen LogP contribution is -2.52. The quantitative estimate of drug-likeness (QED) is 0.850. The van der Waals surface area contributed by atoms with Crippen molar-refractivity contribution in [3.8, 4) is 0 Å². The van der Waals surface area contributed by atoms with Crippen LogP contribution in [0.1, 0.15) is 32.6 Å². The first kappa shape index (κ1) is 15.1. The molecular weight excluding hydrogens is 260 g/mol. The van der Waals surface area contributed by atoms with Crippen LogP contribution in [0.15, 0.2) is 0 Å². The number of aliphatic carboxylic acids is 1. The summed E-state index contributed by atoms with van der Waals surface area (Å²) in [4.78, 5) is 26.8. The van der Waals surface area contributed by atoms with Crippen LogP contribution in [0.5, 0.6) is 0 Å². The maximum atomic E-state index is 12.4. The van der Waals surface area contributed by atoms with Crippen LogP contribution in [0.3, 0.4) is 0 Å². The molecule has 0 aromatic heterocycles. The predicted molar refractivity (Wildman–Crippen MR) is 73.5 cm³/mol. The average Bonchev–Trinajstić information content (AvgIpc) is 2.47. The van der Waals surface area contributed by atoms with Crippen LogP contribution in [0, 0.1) is 5.92 Å². The van der Waals surface area contributed by atoms with E-state index in [1.165, 1.54) is 0 Å². The molecule has 0 aromatic rings. The molecule has 2 saturated heterocycles. The molecule has 0 aromatic carbocycles. The molecule has 0 aliphatic carbocycles. The van der Waals surface area contributed by atoms with Gasteiger partial charge in [-0.2, -0.15) is 0 Å². The molecule has 114 valence electrons. The minimum Gasteiger partial charge on any atom is -0.481 e. The number of nitrogens with zero attached hydrogens (tertiary/aromatic N) is 2. The smallest absolute Gasteiger partial charge is 0.320 e. The van der Waals surface area contributed by atoms with Gasteiger partial charge in [0.25, 0.3) is 0 Å². The first-order valence-corrected chi connectivity index (χ1v) is 7.47. The molecule has 1 N–H and O–H groups in total. The summed E-state index contributed by atoms with van der Waals surface area (Å²) < 4.78 is 5.58.